The standard InChI is InChI=1S/C11H20N2O/c1-4-10(2)9-11(12-3)13-5-7-14-8-6-13/h9H,4-8H2,1-3H3/b10-9-,12-11?. The summed E-state index contributed by atoms with van der Waals surface area (Å²) < 4.78 is 5.31. The van der Waals surface area contributed by atoms with Crippen molar-refractivity contribution >= 4 is 5.84 Å². The van der Waals surface area contributed by atoms with Crippen LogP contribution in [0.2, 0.25) is 0 Å². The Balaban J connectivity index is 2.61. The number of hydrogen-bond acceptors (Lipinski definition) is 2. The van der Waals surface area contributed by atoms with E-state index in [2.05, 4.69) is 29.8 Å². The summed E-state index contributed by atoms with van der Waals surface area (Å²) in [6.07, 6.45) is 3.26. The summed E-state index contributed by atoms with van der Waals surface area (Å²) in [5, 5.41) is 0. The smallest absolute Gasteiger partial charge is 0.123 e. The molecule has 3 nitrogen and oxygen atoms in total. The highest BCUT2D eigenvalue weighted by Crippen LogP contribution is 2.04. The molecule has 1 heterocycles. The molecule has 0 radical (unpaired) electrons. The molecule has 1 aliphatic heterocycles. The predicted molar refractivity (Wildman–Crippen MR) is 59.8 cm³/mol. The molecule has 80 valence electrons. The van der Waals surface area contributed by atoms with Gasteiger partial charge in [0.15, 0.2) is 0 Å². The molecular formula is C11H20N2O. The molecular weight excluding hydrogens is 176 g/mol. The first-order valence-electron chi connectivity index (χ1n) is 5.24. The lowest BCUT2D eigenvalue weighted by Gasteiger charge is -2.28. The van der Waals surface area contributed by atoms with E-state index in [9.17, 15) is 0 Å². The van der Waals surface area contributed by atoms with Crippen LogP contribution in [0.15, 0.2) is 16.6 Å². The van der Waals surface area contributed by atoms with Crippen molar-refractivity contribution in [1.82, 2.24) is 4.90 Å². The van der Waals surface area contributed by atoms with Crippen LogP contribution < -0.4 is 0 Å². The first-order chi connectivity index (χ1) is 6.77. The van der Waals surface area contributed by atoms with Crippen LogP contribution in [0.5, 0.6) is 0 Å². The van der Waals surface area contributed by atoms with Crippen molar-refractivity contribution in [1.29, 1.82) is 0 Å². The van der Waals surface area contributed by atoms with Crippen molar-refractivity contribution in [3.63, 3.8) is 0 Å². The van der Waals surface area contributed by atoms with Crippen molar-refractivity contribution in [3.8, 4) is 0 Å². The molecule has 0 aromatic carbocycles. The number of ether oxygens (including phenoxy) is 1. The Bertz CT molecular complexity index is 227. The highest BCUT2D eigenvalue weighted by molar-refractivity contribution is 5.93. The van der Waals surface area contributed by atoms with Gasteiger partial charge in [-0.1, -0.05) is 12.5 Å². The third-order valence-corrected chi connectivity index (χ3v) is 2.50. The Labute approximate surface area is 86.5 Å². The maximum absolute atomic E-state index is 5.31. The Morgan fingerprint density at radius 3 is 2.57 bits per heavy atom. The fourth-order valence-corrected chi connectivity index (χ4v) is 1.41. The van der Waals surface area contributed by atoms with Crippen molar-refractivity contribution < 1.29 is 4.74 Å². The Kier molecular flexibility index (Phi) is 4.66. The molecule has 0 atom stereocenters. The van der Waals surface area contributed by atoms with Gasteiger partial charge in [0.05, 0.1) is 13.2 Å². The Morgan fingerprint density at radius 2 is 2.07 bits per heavy atom. The monoisotopic (exact) mass is 196 g/mol. The molecule has 0 spiro atoms. The van der Waals surface area contributed by atoms with E-state index in [4.69, 9.17) is 4.74 Å². The molecule has 0 unspecified atom stereocenters. The first-order valence-corrected chi connectivity index (χ1v) is 5.24. The first kappa shape index (κ1) is 11.2. The van der Waals surface area contributed by atoms with Crippen molar-refractivity contribution in [2.45, 2.75) is 20.3 Å². The SMILES string of the molecule is CC/C(C)=C\C(=NC)N1CCOCC1. The lowest BCUT2D eigenvalue weighted by atomic mass is 10.2. The minimum absolute atomic E-state index is 0.817. The van der Waals surface area contributed by atoms with Crippen LogP contribution >= 0.6 is 0 Å². The number of amidine groups is 1. The molecule has 3 heteroatoms. The normalized spacial score (nSPS) is 20.1. The quantitative estimate of drug-likeness (QED) is 0.496. The lowest BCUT2D eigenvalue weighted by Crippen LogP contribution is -2.40. The van der Waals surface area contributed by atoms with Crippen molar-refractivity contribution in [2.24, 2.45) is 4.99 Å². The molecule has 0 aliphatic carbocycles. The molecule has 1 aliphatic rings. The van der Waals surface area contributed by atoms with Gasteiger partial charge in [-0.15, -0.1) is 0 Å². The molecule has 0 amide bonds. The number of morpholine rings is 1. The lowest BCUT2D eigenvalue weighted by molar-refractivity contribution is 0.0684. The summed E-state index contributed by atoms with van der Waals surface area (Å²) in [4.78, 5) is 6.59. The van der Waals surface area contributed by atoms with Gasteiger partial charge in [-0.25, -0.2) is 0 Å². The van der Waals surface area contributed by atoms with Crippen LogP contribution in [0.4, 0.5) is 0 Å². The van der Waals surface area contributed by atoms with Gasteiger partial charge in [-0.2, -0.15) is 0 Å². The summed E-state index contributed by atoms with van der Waals surface area (Å²) in [7, 11) is 1.85. The zero-order valence-corrected chi connectivity index (χ0v) is 9.42. The average Bonchev–Trinajstić information content (AvgIpc) is 2.26. The van der Waals surface area contributed by atoms with Gasteiger partial charge in [0.1, 0.15) is 5.84 Å². The van der Waals surface area contributed by atoms with Gasteiger partial charge in [-0.05, 0) is 19.4 Å². The van der Waals surface area contributed by atoms with Crippen LogP contribution in [-0.4, -0.2) is 44.1 Å². The topological polar surface area (TPSA) is 24.8 Å². The summed E-state index contributed by atoms with van der Waals surface area (Å²) in [6, 6.07) is 0. The largest absolute Gasteiger partial charge is 0.378 e. The van der Waals surface area contributed by atoms with Gasteiger partial charge in [-0.3, -0.25) is 4.99 Å². The summed E-state index contributed by atoms with van der Waals surface area (Å²) >= 11 is 0. The van der Waals surface area contributed by atoms with E-state index < -0.39 is 0 Å². The van der Waals surface area contributed by atoms with Crippen molar-refractivity contribution in [2.75, 3.05) is 33.4 Å². The molecule has 1 fully saturated rings. The molecule has 1 rings (SSSR count). The Hall–Kier alpha value is -0.830. The van der Waals surface area contributed by atoms with Crippen LogP contribution in [0.3, 0.4) is 0 Å². The van der Waals surface area contributed by atoms with E-state index >= 15 is 0 Å². The maximum Gasteiger partial charge on any atom is 0.123 e. The highest BCUT2D eigenvalue weighted by atomic mass is 16.5. The minimum atomic E-state index is 0.817. The van der Waals surface area contributed by atoms with E-state index in [1.54, 1.807) is 0 Å². The number of aliphatic imine (C=N–C) groups is 1. The molecule has 0 saturated carbocycles. The van der Waals surface area contributed by atoms with Crippen LogP contribution in [0, 0.1) is 0 Å². The van der Waals surface area contributed by atoms with E-state index in [1.807, 2.05) is 7.05 Å². The maximum atomic E-state index is 5.31. The summed E-state index contributed by atoms with van der Waals surface area (Å²) in [5.41, 5.74) is 1.37. The van der Waals surface area contributed by atoms with Crippen LogP contribution in [-0.2, 0) is 4.74 Å². The third-order valence-electron chi connectivity index (χ3n) is 2.50. The summed E-state index contributed by atoms with van der Waals surface area (Å²) in [6.45, 7) is 7.86. The number of rotatable bonds is 2. The predicted octanol–water partition coefficient (Wildman–Crippen LogP) is 1.70. The fourth-order valence-electron chi connectivity index (χ4n) is 1.41. The van der Waals surface area contributed by atoms with E-state index in [1.165, 1.54) is 5.57 Å². The van der Waals surface area contributed by atoms with E-state index in [0.717, 1.165) is 38.6 Å². The second kappa shape index (κ2) is 5.81. The van der Waals surface area contributed by atoms with Gasteiger partial charge in [0, 0.05) is 20.1 Å². The number of nitrogens with zero attached hydrogens (tertiary/aromatic N) is 2. The van der Waals surface area contributed by atoms with Crippen LogP contribution in [0.25, 0.3) is 0 Å². The number of allylic oxidation sites excluding steroid dienone is 1. The van der Waals surface area contributed by atoms with Gasteiger partial charge >= 0.3 is 0 Å². The van der Waals surface area contributed by atoms with Gasteiger partial charge in [0.25, 0.3) is 0 Å². The molecule has 0 N–H and O–H groups in total. The average molecular weight is 196 g/mol. The van der Waals surface area contributed by atoms with E-state index in [-0.39, 0.29) is 0 Å². The zero-order chi connectivity index (χ0) is 10.4. The van der Waals surface area contributed by atoms with Crippen LogP contribution in [0.1, 0.15) is 20.3 Å². The summed E-state index contributed by atoms with van der Waals surface area (Å²) in [5.74, 6) is 1.09. The zero-order valence-electron chi connectivity index (χ0n) is 9.42. The molecule has 1 saturated heterocycles. The number of hydrogen-bond donors (Lipinski definition) is 0. The molecule has 0 bridgehead atoms. The fraction of sp³-hybridized carbons (Fsp3) is 0.727. The Morgan fingerprint density at radius 1 is 1.43 bits per heavy atom. The highest BCUT2D eigenvalue weighted by Gasteiger charge is 2.12. The molecule has 14 heavy (non-hydrogen) atoms. The molecule has 0 aromatic heterocycles. The second-order valence-electron chi connectivity index (χ2n) is 3.53. The minimum Gasteiger partial charge on any atom is -0.378 e. The third kappa shape index (κ3) is 3.14. The second-order valence-corrected chi connectivity index (χ2v) is 3.53. The van der Waals surface area contributed by atoms with Gasteiger partial charge < -0.3 is 9.64 Å². The molecule has 0 aromatic rings. The van der Waals surface area contributed by atoms with E-state index in [0.29, 0.717) is 0 Å². The van der Waals surface area contributed by atoms with Crippen molar-refractivity contribution in [3.05, 3.63) is 11.6 Å². The van der Waals surface area contributed by atoms with Gasteiger partial charge in [0.2, 0.25) is 0 Å².